The average molecular weight is 430 g/mol. The molecule has 8 nitrogen and oxygen atoms in total. The molecular formula is C23H31N3O5. The Bertz CT molecular complexity index is 869. The molecule has 0 radical (unpaired) electrons. The number of carbonyl (C=O) groups excluding carboxylic acids is 2. The molecule has 168 valence electrons. The van der Waals surface area contributed by atoms with Crippen molar-refractivity contribution in [3.8, 4) is 11.5 Å². The molecule has 0 aliphatic carbocycles. The van der Waals surface area contributed by atoms with Crippen LogP contribution in [0.15, 0.2) is 29.5 Å². The third-order valence-corrected chi connectivity index (χ3v) is 6.03. The number of nitrogens with zero attached hydrogens (tertiary/aromatic N) is 1. The third-order valence-electron chi connectivity index (χ3n) is 6.03. The molecule has 2 atom stereocenters. The lowest BCUT2D eigenvalue weighted by molar-refractivity contribution is -0.139. The standard InChI is InChI=1S/C23H31N3O5/c1-3-16-21(22(27)29-4-2)17(25-23(28)24-16)14-26-10-5-7-18(26)15-8-9-19-20(13-15)31-12-6-11-30-19/h8-9,13,16,18H,3-7,10-12,14H2,1-2H3,(H2,24,25,28). The van der Waals surface area contributed by atoms with E-state index in [0.717, 1.165) is 42.9 Å². The van der Waals surface area contributed by atoms with Crippen LogP contribution in [0.1, 0.15) is 51.1 Å². The molecule has 0 bridgehead atoms. The van der Waals surface area contributed by atoms with Gasteiger partial charge in [0.2, 0.25) is 0 Å². The lowest BCUT2D eigenvalue weighted by Crippen LogP contribution is -2.52. The van der Waals surface area contributed by atoms with E-state index >= 15 is 0 Å². The molecule has 1 aromatic carbocycles. The van der Waals surface area contributed by atoms with Gasteiger partial charge in [0.25, 0.3) is 0 Å². The van der Waals surface area contributed by atoms with E-state index in [-0.39, 0.29) is 24.1 Å². The highest BCUT2D eigenvalue weighted by molar-refractivity contribution is 5.94. The van der Waals surface area contributed by atoms with Crippen LogP contribution in [0.3, 0.4) is 0 Å². The van der Waals surface area contributed by atoms with Gasteiger partial charge in [-0.15, -0.1) is 0 Å². The first kappa shape index (κ1) is 21.5. The van der Waals surface area contributed by atoms with E-state index in [1.165, 1.54) is 0 Å². The zero-order valence-electron chi connectivity index (χ0n) is 18.2. The molecule has 2 N–H and O–H groups in total. The predicted molar refractivity (Wildman–Crippen MR) is 115 cm³/mol. The summed E-state index contributed by atoms with van der Waals surface area (Å²) in [4.78, 5) is 27.2. The maximum Gasteiger partial charge on any atom is 0.337 e. The van der Waals surface area contributed by atoms with Crippen LogP contribution in [0.4, 0.5) is 4.79 Å². The summed E-state index contributed by atoms with van der Waals surface area (Å²) >= 11 is 0. The summed E-state index contributed by atoms with van der Waals surface area (Å²) in [5.74, 6) is 1.20. The number of carbonyl (C=O) groups is 2. The van der Waals surface area contributed by atoms with Crippen LogP contribution in [0.2, 0.25) is 0 Å². The molecule has 4 rings (SSSR count). The summed E-state index contributed by atoms with van der Waals surface area (Å²) in [7, 11) is 0. The van der Waals surface area contributed by atoms with Crippen molar-refractivity contribution in [3.05, 3.63) is 35.0 Å². The predicted octanol–water partition coefficient (Wildman–Crippen LogP) is 2.89. The van der Waals surface area contributed by atoms with Gasteiger partial charge in [-0.05, 0) is 50.4 Å². The zero-order chi connectivity index (χ0) is 21.8. The molecule has 0 spiro atoms. The lowest BCUT2D eigenvalue weighted by Gasteiger charge is -2.32. The molecule has 0 aromatic heterocycles. The number of likely N-dealkylation sites (tertiary alicyclic amines) is 1. The topological polar surface area (TPSA) is 89.1 Å². The Balaban J connectivity index is 1.60. The second-order valence-electron chi connectivity index (χ2n) is 8.06. The lowest BCUT2D eigenvalue weighted by atomic mass is 9.99. The molecule has 3 heterocycles. The van der Waals surface area contributed by atoms with Crippen LogP contribution in [-0.2, 0) is 9.53 Å². The van der Waals surface area contributed by atoms with Crippen molar-refractivity contribution < 1.29 is 23.8 Å². The van der Waals surface area contributed by atoms with Crippen molar-refractivity contribution in [3.63, 3.8) is 0 Å². The molecule has 1 saturated heterocycles. The minimum absolute atomic E-state index is 0.181. The van der Waals surface area contributed by atoms with Crippen molar-refractivity contribution >= 4 is 12.0 Å². The van der Waals surface area contributed by atoms with Crippen molar-refractivity contribution in [2.45, 2.75) is 51.6 Å². The van der Waals surface area contributed by atoms with Gasteiger partial charge in [-0.2, -0.15) is 0 Å². The fourth-order valence-corrected chi connectivity index (χ4v) is 4.57. The summed E-state index contributed by atoms with van der Waals surface area (Å²) < 4.78 is 16.9. The van der Waals surface area contributed by atoms with Gasteiger partial charge >= 0.3 is 12.0 Å². The molecule has 1 fully saturated rings. The highest BCUT2D eigenvalue weighted by Crippen LogP contribution is 2.38. The first-order valence-corrected chi connectivity index (χ1v) is 11.2. The van der Waals surface area contributed by atoms with E-state index in [1.54, 1.807) is 6.92 Å². The summed E-state index contributed by atoms with van der Waals surface area (Å²) in [5.41, 5.74) is 2.32. The van der Waals surface area contributed by atoms with Gasteiger partial charge in [0, 0.05) is 24.7 Å². The molecule has 8 heteroatoms. The van der Waals surface area contributed by atoms with Crippen molar-refractivity contribution in [2.75, 3.05) is 32.9 Å². The number of amides is 2. The van der Waals surface area contributed by atoms with E-state index in [0.29, 0.717) is 44.1 Å². The van der Waals surface area contributed by atoms with Crippen molar-refractivity contribution in [2.24, 2.45) is 0 Å². The van der Waals surface area contributed by atoms with Crippen LogP contribution >= 0.6 is 0 Å². The van der Waals surface area contributed by atoms with Crippen LogP contribution < -0.4 is 20.1 Å². The quantitative estimate of drug-likeness (QED) is 0.676. The van der Waals surface area contributed by atoms with Gasteiger partial charge in [0.15, 0.2) is 11.5 Å². The van der Waals surface area contributed by atoms with Crippen LogP contribution in [0, 0.1) is 0 Å². The largest absolute Gasteiger partial charge is 0.490 e. The van der Waals surface area contributed by atoms with E-state index < -0.39 is 0 Å². The van der Waals surface area contributed by atoms with Gasteiger partial charge in [-0.1, -0.05) is 13.0 Å². The second-order valence-corrected chi connectivity index (χ2v) is 8.06. The molecule has 3 aliphatic rings. The number of fused-ring (bicyclic) bond motifs is 1. The fraction of sp³-hybridized carbons (Fsp3) is 0.565. The summed E-state index contributed by atoms with van der Waals surface area (Å²) in [5, 5.41) is 5.71. The molecule has 2 amide bonds. The second kappa shape index (κ2) is 9.60. The molecule has 0 saturated carbocycles. The normalized spacial score (nSPS) is 23.7. The van der Waals surface area contributed by atoms with Crippen molar-refractivity contribution in [1.29, 1.82) is 0 Å². The molecular weight excluding hydrogens is 398 g/mol. The Morgan fingerprint density at radius 1 is 1.19 bits per heavy atom. The monoisotopic (exact) mass is 429 g/mol. The number of nitrogens with one attached hydrogen (secondary N) is 2. The Labute approximate surface area is 182 Å². The number of benzene rings is 1. The van der Waals surface area contributed by atoms with E-state index in [1.807, 2.05) is 13.0 Å². The Kier molecular flexibility index (Phi) is 6.65. The minimum atomic E-state index is -0.372. The minimum Gasteiger partial charge on any atom is -0.490 e. The van der Waals surface area contributed by atoms with Gasteiger partial charge in [-0.25, -0.2) is 9.59 Å². The van der Waals surface area contributed by atoms with Gasteiger partial charge < -0.3 is 24.8 Å². The molecule has 31 heavy (non-hydrogen) atoms. The summed E-state index contributed by atoms with van der Waals surface area (Å²) in [6.07, 6.45) is 3.54. The Morgan fingerprint density at radius 2 is 2.00 bits per heavy atom. The van der Waals surface area contributed by atoms with Crippen molar-refractivity contribution in [1.82, 2.24) is 15.5 Å². The van der Waals surface area contributed by atoms with Crippen LogP contribution in [-0.4, -0.2) is 55.9 Å². The van der Waals surface area contributed by atoms with Crippen LogP contribution in [0.5, 0.6) is 11.5 Å². The SMILES string of the molecule is CCOC(=O)C1=C(CN2CCCC2c2ccc3c(c2)OCCCO3)NC(=O)NC1CC. The smallest absolute Gasteiger partial charge is 0.337 e. The molecule has 2 unspecified atom stereocenters. The first-order valence-electron chi connectivity index (χ1n) is 11.2. The van der Waals surface area contributed by atoms with Gasteiger partial charge in [0.05, 0.1) is 31.4 Å². The summed E-state index contributed by atoms with van der Waals surface area (Å²) in [6.45, 7) is 6.72. The highest BCUT2D eigenvalue weighted by atomic mass is 16.5. The zero-order valence-corrected chi connectivity index (χ0v) is 18.2. The maximum atomic E-state index is 12.7. The Hall–Kier alpha value is -2.74. The average Bonchev–Trinajstić information content (AvgIpc) is 3.08. The fourth-order valence-electron chi connectivity index (χ4n) is 4.57. The van der Waals surface area contributed by atoms with E-state index in [4.69, 9.17) is 14.2 Å². The van der Waals surface area contributed by atoms with Crippen LogP contribution in [0.25, 0.3) is 0 Å². The molecule has 3 aliphatic heterocycles. The van der Waals surface area contributed by atoms with Gasteiger partial charge in [-0.3, -0.25) is 4.90 Å². The van der Waals surface area contributed by atoms with Gasteiger partial charge in [0.1, 0.15) is 0 Å². The highest BCUT2D eigenvalue weighted by Gasteiger charge is 2.35. The molecule has 1 aromatic rings. The number of hydrogen-bond acceptors (Lipinski definition) is 6. The number of hydrogen-bond donors (Lipinski definition) is 2. The maximum absolute atomic E-state index is 12.7. The number of rotatable bonds is 6. The number of esters is 1. The number of ether oxygens (including phenoxy) is 3. The number of urea groups is 1. The van der Waals surface area contributed by atoms with E-state index in [2.05, 4.69) is 27.7 Å². The first-order chi connectivity index (χ1) is 15.1. The third kappa shape index (κ3) is 4.63. The van der Waals surface area contributed by atoms with E-state index in [9.17, 15) is 9.59 Å². The summed E-state index contributed by atoms with van der Waals surface area (Å²) in [6, 6.07) is 5.70. The Morgan fingerprint density at radius 3 is 2.77 bits per heavy atom.